The molecule has 19 heavy (non-hydrogen) atoms. The molecule has 2 rings (SSSR count). The number of aryl methyl sites for hydroxylation is 2. The van der Waals surface area contributed by atoms with Gasteiger partial charge in [-0.3, -0.25) is 9.69 Å². The van der Waals surface area contributed by atoms with E-state index in [1.54, 1.807) is 0 Å². The smallest absolute Gasteiger partial charge is 0.245 e. The molecule has 0 saturated carbocycles. The van der Waals surface area contributed by atoms with Crippen molar-refractivity contribution in [1.82, 2.24) is 4.90 Å². The Bertz CT molecular complexity index is 465. The van der Waals surface area contributed by atoms with Crippen molar-refractivity contribution < 1.29 is 4.79 Å². The molecule has 0 aliphatic carbocycles. The van der Waals surface area contributed by atoms with E-state index in [1.165, 1.54) is 0 Å². The third kappa shape index (κ3) is 3.58. The van der Waals surface area contributed by atoms with Crippen molar-refractivity contribution in [1.29, 1.82) is 0 Å². The Balaban J connectivity index is 0.00000180. The van der Waals surface area contributed by atoms with Crippen LogP contribution in [0.3, 0.4) is 0 Å². The molecular formula is C15H21ClN2O. The fourth-order valence-electron chi connectivity index (χ4n) is 2.29. The van der Waals surface area contributed by atoms with Gasteiger partial charge in [0.15, 0.2) is 0 Å². The molecule has 0 bridgehead atoms. The number of benzene rings is 1. The summed E-state index contributed by atoms with van der Waals surface area (Å²) in [6, 6.07) is 5.89. The van der Waals surface area contributed by atoms with Crippen LogP contribution in [0.5, 0.6) is 0 Å². The molecule has 1 N–H and O–H groups in total. The van der Waals surface area contributed by atoms with Gasteiger partial charge >= 0.3 is 0 Å². The molecule has 3 nitrogen and oxygen atoms in total. The van der Waals surface area contributed by atoms with Crippen molar-refractivity contribution in [3.8, 4) is 0 Å². The molecule has 0 aromatic heterocycles. The number of rotatable bonds is 2. The summed E-state index contributed by atoms with van der Waals surface area (Å²) in [5, 5.41) is 3.05. The van der Waals surface area contributed by atoms with E-state index < -0.39 is 0 Å². The molecular weight excluding hydrogens is 260 g/mol. The predicted molar refractivity (Wildman–Crippen MR) is 82.0 cm³/mol. The molecule has 1 aliphatic heterocycles. The highest BCUT2D eigenvalue weighted by Gasteiger charge is 2.22. The highest BCUT2D eigenvalue weighted by atomic mass is 35.5. The number of amides is 1. The van der Waals surface area contributed by atoms with Gasteiger partial charge in [0.25, 0.3) is 0 Å². The van der Waals surface area contributed by atoms with Gasteiger partial charge in [0.05, 0.1) is 0 Å². The van der Waals surface area contributed by atoms with Gasteiger partial charge in [-0.05, 0) is 38.4 Å². The molecule has 0 spiro atoms. The molecule has 0 saturated heterocycles. The first-order valence-electron chi connectivity index (χ1n) is 6.33. The van der Waals surface area contributed by atoms with Crippen molar-refractivity contribution in [2.75, 3.05) is 18.9 Å². The zero-order valence-corrected chi connectivity index (χ0v) is 12.5. The van der Waals surface area contributed by atoms with Gasteiger partial charge in [0.2, 0.25) is 5.91 Å². The normalized spacial score (nSPS) is 18.8. The summed E-state index contributed by atoms with van der Waals surface area (Å²) < 4.78 is 0. The van der Waals surface area contributed by atoms with E-state index in [0.717, 1.165) is 29.8 Å². The number of likely N-dealkylation sites (N-methyl/N-ethyl adjacent to an activating group) is 1. The molecule has 4 heteroatoms. The van der Waals surface area contributed by atoms with Crippen molar-refractivity contribution in [3.05, 3.63) is 41.5 Å². The maximum atomic E-state index is 12.3. The summed E-state index contributed by atoms with van der Waals surface area (Å²) in [4.78, 5) is 14.4. The Hall–Kier alpha value is -1.32. The number of hydrogen-bond donors (Lipinski definition) is 1. The van der Waals surface area contributed by atoms with Gasteiger partial charge in [-0.2, -0.15) is 0 Å². The van der Waals surface area contributed by atoms with Crippen LogP contribution >= 0.6 is 12.4 Å². The van der Waals surface area contributed by atoms with Crippen molar-refractivity contribution in [2.24, 2.45) is 0 Å². The highest BCUT2D eigenvalue weighted by molar-refractivity contribution is 5.97. The number of nitrogens with zero attached hydrogens (tertiary/aromatic N) is 1. The molecule has 0 fully saturated rings. The second-order valence-corrected chi connectivity index (χ2v) is 4.90. The van der Waals surface area contributed by atoms with Crippen LogP contribution in [0.2, 0.25) is 0 Å². The van der Waals surface area contributed by atoms with Crippen LogP contribution < -0.4 is 5.32 Å². The van der Waals surface area contributed by atoms with E-state index in [2.05, 4.69) is 16.3 Å². The fraction of sp³-hybridized carbons (Fsp3) is 0.400. The van der Waals surface area contributed by atoms with E-state index in [9.17, 15) is 4.79 Å². The van der Waals surface area contributed by atoms with Crippen LogP contribution in [0, 0.1) is 13.8 Å². The molecule has 0 radical (unpaired) electrons. The van der Waals surface area contributed by atoms with E-state index in [-0.39, 0.29) is 24.4 Å². The van der Waals surface area contributed by atoms with Gasteiger partial charge in [0.1, 0.15) is 6.04 Å². The number of halogens is 1. The van der Waals surface area contributed by atoms with Crippen LogP contribution in [0.15, 0.2) is 30.4 Å². The minimum absolute atomic E-state index is 0. The summed E-state index contributed by atoms with van der Waals surface area (Å²) in [5.41, 5.74) is 3.14. The fourth-order valence-corrected chi connectivity index (χ4v) is 2.29. The maximum absolute atomic E-state index is 12.3. The number of carbonyl (C=O) groups is 1. The summed E-state index contributed by atoms with van der Waals surface area (Å²) in [6.45, 7) is 4.97. The minimum atomic E-state index is -0.155. The lowest BCUT2D eigenvalue weighted by Gasteiger charge is -2.27. The molecule has 1 unspecified atom stereocenters. The second-order valence-electron chi connectivity index (χ2n) is 4.90. The van der Waals surface area contributed by atoms with Crippen molar-refractivity contribution in [3.63, 3.8) is 0 Å². The van der Waals surface area contributed by atoms with Gasteiger partial charge in [-0.1, -0.05) is 30.4 Å². The summed E-state index contributed by atoms with van der Waals surface area (Å²) in [5.74, 6) is 0.0471. The van der Waals surface area contributed by atoms with Crippen LogP contribution in [-0.4, -0.2) is 30.4 Å². The SMILES string of the molecule is Cc1cccc(C)c1NC(=O)C1C=CCCN1C.Cl. The Kier molecular flexibility index (Phi) is 5.58. The van der Waals surface area contributed by atoms with E-state index >= 15 is 0 Å². The number of para-hydroxylation sites is 1. The lowest BCUT2D eigenvalue weighted by atomic mass is 10.1. The average Bonchev–Trinajstić information content (AvgIpc) is 2.34. The second kappa shape index (κ2) is 6.73. The van der Waals surface area contributed by atoms with Crippen molar-refractivity contribution >= 4 is 24.0 Å². The molecule has 1 aromatic carbocycles. The summed E-state index contributed by atoms with van der Waals surface area (Å²) in [6.07, 6.45) is 5.07. The Morgan fingerprint density at radius 3 is 2.53 bits per heavy atom. The minimum Gasteiger partial charge on any atom is -0.324 e. The van der Waals surface area contributed by atoms with E-state index in [4.69, 9.17) is 0 Å². The standard InChI is InChI=1S/C15H20N2O.ClH/c1-11-7-6-8-12(2)14(11)16-15(18)13-9-4-5-10-17(13)3;/h4,6-9,13H,5,10H2,1-3H3,(H,16,18);1H. The van der Waals surface area contributed by atoms with Gasteiger partial charge in [0, 0.05) is 12.2 Å². The number of nitrogens with one attached hydrogen (secondary N) is 1. The van der Waals surface area contributed by atoms with Gasteiger partial charge in [-0.25, -0.2) is 0 Å². The van der Waals surface area contributed by atoms with Crippen LogP contribution in [0.4, 0.5) is 5.69 Å². The van der Waals surface area contributed by atoms with Gasteiger partial charge < -0.3 is 5.32 Å². The zero-order valence-electron chi connectivity index (χ0n) is 11.6. The van der Waals surface area contributed by atoms with Crippen LogP contribution in [-0.2, 0) is 4.79 Å². The molecule has 104 valence electrons. The first-order chi connectivity index (χ1) is 8.59. The first kappa shape index (κ1) is 15.7. The Morgan fingerprint density at radius 2 is 1.95 bits per heavy atom. The largest absolute Gasteiger partial charge is 0.324 e. The topological polar surface area (TPSA) is 32.3 Å². The monoisotopic (exact) mass is 280 g/mol. The number of carbonyl (C=O) groups excluding carboxylic acids is 1. The average molecular weight is 281 g/mol. The summed E-state index contributed by atoms with van der Waals surface area (Å²) >= 11 is 0. The third-order valence-corrected chi connectivity index (χ3v) is 3.44. The van der Waals surface area contributed by atoms with E-state index in [0.29, 0.717) is 0 Å². The Labute approximate surface area is 121 Å². The Morgan fingerprint density at radius 1 is 1.32 bits per heavy atom. The predicted octanol–water partition coefficient (Wildman–Crippen LogP) is 2.92. The van der Waals surface area contributed by atoms with E-state index in [1.807, 2.05) is 45.2 Å². The van der Waals surface area contributed by atoms with Crippen molar-refractivity contribution in [2.45, 2.75) is 26.3 Å². The number of hydrogen-bond acceptors (Lipinski definition) is 2. The molecule has 1 amide bonds. The van der Waals surface area contributed by atoms with Gasteiger partial charge in [-0.15, -0.1) is 12.4 Å². The van der Waals surface area contributed by atoms with Crippen LogP contribution in [0.1, 0.15) is 17.5 Å². The zero-order chi connectivity index (χ0) is 13.1. The lowest BCUT2D eigenvalue weighted by Crippen LogP contribution is -2.42. The number of anilines is 1. The molecule has 1 aromatic rings. The quantitative estimate of drug-likeness (QED) is 0.845. The molecule has 1 heterocycles. The molecule has 1 atom stereocenters. The lowest BCUT2D eigenvalue weighted by molar-refractivity contribution is -0.119. The maximum Gasteiger partial charge on any atom is 0.245 e. The summed E-state index contributed by atoms with van der Waals surface area (Å²) in [7, 11) is 1.98. The highest BCUT2D eigenvalue weighted by Crippen LogP contribution is 2.20. The van der Waals surface area contributed by atoms with Crippen LogP contribution in [0.25, 0.3) is 0 Å². The third-order valence-electron chi connectivity index (χ3n) is 3.44. The molecule has 1 aliphatic rings. The first-order valence-corrected chi connectivity index (χ1v) is 6.33.